The molecule has 0 saturated carbocycles. The van der Waals surface area contributed by atoms with E-state index >= 15 is 0 Å². The first-order valence-corrected chi connectivity index (χ1v) is 5.08. The maximum Gasteiger partial charge on any atom is 0.337 e. The highest BCUT2D eigenvalue weighted by atomic mass is 16.4. The second kappa shape index (κ2) is 3.85. The van der Waals surface area contributed by atoms with Crippen molar-refractivity contribution in [3.8, 4) is 5.69 Å². The van der Waals surface area contributed by atoms with E-state index in [2.05, 4.69) is 0 Å². The standard InChI is InChI=1S/C13H13NO2/c1-9-4-3-5-11(8-9)14-7-6-12(10(14)2)13(15)16/h3-8H,1-2H3,(H,15,16). The molecule has 1 heterocycles. The Balaban J connectivity index is 2.53. The molecule has 0 radical (unpaired) electrons. The lowest BCUT2D eigenvalue weighted by atomic mass is 10.2. The number of aryl methyl sites for hydroxylation is 1. The SMILES string of the molecule is Cc1cccc(-n2ccc(C(=O)O)c2C)c1. The summed E-state index contributed by atoms with van der Waals surface area (Å²) in [6.45, 7) is 3.83. The predicted molar refractivity (Wildman–Crippen MR) is 62.2 cm³/mol. The molecule has 2 aromatic rings. The fourth-order valence-corrected chi connectivity index (χ4v) is 1.79. The maximum absolute atomic E-state index is 10.9. The summed E-state index contributed by atoms with van der Waals surface area (Å²) in [6.07, 6.45) is 1.79. The number of rotatable bonds is 2. The molecule has 0 atom stereocenters. The number of hydrogen-bond donors (Lipinski definition) is 1. The Labute approximate surface area is 94.0 Å². The van der Waals surface area contributed by atoms with E-state index in [0.717, 1.165) is 16.9 Å². The minimum atomic E-state index is -0.885. The van der Waals surface area contributed by atoms with Gasteiger partial charge in [-0.1, -0.05) is 12.1 Å². The van der Waals surface area contributed by atoms with Crippen molar-refractivity contribution >= 4 is 5.97 Å². The van der Waals surface area contributed by atoms with Gasteiger partial charge in [-0.25, -0.2) is 4.79 Å². The summed E-state index contributed by atoms with van der Waals surface area (Å²) in [6, 6.07) is 9.59. The van der Waals surface area contributed by atoms with Crippen LogP contribution in [0.15, 0.2) is 36.5 Å². The number of carboxylic acids is 1. The van der Waals surface area contributed by atoms with Crippen LogP contribution in [0.3, 0.4) is 0 Å². The Bertz CT molecular complexity index is 541. The van der Waals surface area contributed by atoms with Gasteiger partial charge in [-0.2, -0.15) is 0 Å². The van der Waals surface area contributed by atoms with Crippen LogP contribution in [0.1, 0.15) is 21.6 Å². The molecule has 82 valence electrons. The van der Waals surface area contributed by atoms with Gasteiger partial charge in [0.25, 0.3) is 0 Å². The first kappa shape index (κ1) is 10.5. The van der Waals surface area contributed by atoms with Gasteiger partial charge >= 0.3 is 5.97 Å². The molecular weight excluding hydrogens is 202 g/mol. The molecular formula is C13H13NO2. The van der Waals surface area contributed by atoms with Crippen molar-refractivity contribution in [3.63, 3.8) is 0 Å². The van der Waals surface area contributed by atoms with E-state index in [1.165, 1.54) is 0 Å². The summed E-state index contributed by atoms with van der Waals surface area (Å²) in [5, 5.41) is 8.97. The van der Waals surface area contributed by atoms with Gasteiger partial charge in [-0.05, 0) is 37.6 Å². The fraction of sp³-hybridized carbons (Fsp3) is 0.154. The molecule has 0 aliphatic carbocycles. The highest BCUT2D eigenvalue weighted by Gasteiger charge is 2.11. The minimum absolute atomic E-state index is 0.349. The van der Waals surface area contributed by atoms with Crippen LogP contribution >= 0.6 is 0 Å². The molecule has 16 heavy (non-hydrogen) atoms. The summed E-state index contributed by atoms with van der Waals surface area (Å²) < 4.78 is 1.89. The molecule has 1 aromatic heterocycles. The minimum Gasteiger partial charge on any atom is -0.478 e. The third-order valence-electron chi connectivity index (χ3n) is 2.65. The molecule has 0 saturated heterocycles. The van der Waals surface area contributed by atoms with E-state index in [1.807, 2.05) is 42.7 Å². The summed E-state index contributed by atoms with van der Waals surface area (Å²) >= 11 is 0. The molecule has 0 aliphatic rings. The van der Waals surface area contributed by atoms with Crippen LogP contribution in [0.5, 0.6) is 0 Å². The summed E-state index contributed by atoms with van der Waals surface area (Å²) in [7, 11) is 0. The molecule has 3 heteroatoms. The van der Waals surface area contributed by atoms with Crippen LogP contribution in [-0.4, -0.2) is 15.6 Å². The summed E-state index contributed by atoms with van der Waals surface area (Å²) in [5.74, 6) is -0.885. The van der Waals surface area contributed by atoms with E-state index in [9.17, 15) is 4.79 Å². The lowest BCUT2D eigenvalue weighted by Crippen LogP contribution is -2.01. The van der Waals surface area contributed by atoms with Crippen LogP contribution in [0.25, 0.3) is 5.69 Å². The second-order valence-corrected chi connectivity index (χ2v) is 3.83. The number of aromatic nitrogens is 1. The summed E-state index contributed by atoms with van der Waals surface area (Å²) in [5.41, 5.74) is 3.24. The quantitative estimate of drug-likeness (QED) is 0.837. The zero-order valence-electron chi connectivity index (χ0n) is 9.27. The number of nitrogens with zero attached hydrogens (tertiary/aromatic N) is 1. The van der Waals surface area contributed by atoms with Gasteiger partial charge in [0, 0.05) is 17.6 Å². The van der Waals surface area contributed by atoms with E-state index < -0.39 is 5.97 Å². The number of hydrogen-bond acceptors (Lipinski definition) is 1. The lowest BCUT2D eigenvalue weighted by molar-refractivity contribution is 0.0696. The van der Waals surface area contributed by atoms with E-state index in [4.69, 9.17) is 5.11 Å². The Hall–Kier alpha value is -2.03. The van der Waals surface area contributed by atoms with E-state index in [0.29, 0.717) is 5.56 Å². The van der Waals surface area contributed by atoms with Crippen molar-refractivity contribution in [3.05, 3.63) is 53.3 Å². The van der Waals surface area contributed by atoms with Crippen LogP contribution in [0, 0.1) is 13.8 Å². The average Bonchev–Trinajstić information content (AvgIpc) is 2.60. The van der Waals surface area contributed by atoms with Gasteiger partial charge in [0.1, 0.15) is 0 Å². The molecule has 3 nitrogen and oxygen atoms in total. The number of aromatic carboxylic acids is 1. The predicted octanol–water partition coefficient (Wildman–Crippen LogP) is 2.79. The molecule has 0 aliphatic heterocycles. The molecule has 0 unspecified atom stereocenters. The highest BCUT2D eigenvalue weighted by Crippen LogP contribution is 2.17. The van der Waals surface area contributed by atoms with Gasteiger partial charge in [0.05, 0.1) is 5.56 Å². The molecule has 0 amide bonds. The highest BCUT2D eigenvalue weighted by molar-refractivity contribution is 5.89. The molecule has 2 rings (SSSR count). The number of benzene rings is 1. The lowest BCUT2D eigenvalue weighted by Gasteiger charge is -2.07. The van der Waals surface area contributed by atoms with Gasteiger partial charge in [-0.3, -0.25) is 0 Å². The maximum atomic E-state index is 10.9. The van der Waals surface area contributed by atoms with E-state index in [1.54, 1.807) is 12.3 Å². The smallest absolute Gasteiger partial charge is 0.337 e. The molecule has 0 fully saturated rings. The Morgan fingerprint density at radius 1 is 1.25 bits per heavy atom. The third kappa shape index (κ3) is 1.72. The van der Waals surface area contributed by atoms with Crippen LogP contribution in [-0.2, 0) is 0 Å². The van der Waals surface area contributed by atoms with Crippen molar-refractivity contribution in [1.29, 1.82) is 0 Å². The van der Waals surface area contributed by atoms with Crippen LogP contribution < -0.4 is 0 Å². The molecule has 1 N–H and O–H groups in total. The number of carbonyl (C=O) groups is 1. The van der Waals surface area contributed by atoms with Gasteiger partial charge in [-0.15, -0.1) is 0 Å². The topological polar surface area (TPSA) is 42.2 Å². The largest absolute Gasteiger partial charge is 0.478 e. The van der Waals surface area contributed by atoms with Gasteiger partial charge < -0.3 is 9.67 Å². The number of carboxylic acid groups (broad SMARTS) is 1. The summed E-state index contributed by atoms with van der Waals surface area (Å²) in [4.78, 5) is 10.9. The Morgan fingerprint density at radius 3 is 2.56 bits per heavy atom. The zero-order valence-corrected chi connectivity index (χ0v) is 9.27. The fourth-order valence-electron chi connectivity index (χ4n) is 1.79. The van der Waals surface area contributed by atoms with Gasteiger partial charge in [0.15, 0.2) is 0 Å². The van der Waals surface area contributed by atoms with Crippen molar-refractivity contribution < 1.29 is 9.90 Å². The van der Waals surface area contributed by atoms with Gasteiger partial charge in [0.2, 0.25) is 0 Å². The second-order valence-electron chi connectivity index (χ2n) is 3.83. The Kier molecular flexibility index (Phi) is 2.52. The molecule has 0 bridgehead atoms. The third-order valence-corrected chi connectivity index (χ3v) is 2.65. The van der Waals surface area contributed by atoms with Crippen molar-refractivity contribution in [2.45, 2.75) is 13.8 Å². The first-order chi connectivity index (χ1) is 7.59. The van der Waals surface area contributed by atoms with Crippen molar-refractivity contribution in [2.24, 2.45) is 0 Å². The molecule has 1 aromatic carbocycles. The Morgan fingerprint density at radius 2 is 2.00 bits per heavy atom. The first-order valence-electron chi connectivity index (χ1n) is 5.08. The van der Waals surface area contributed by atoms with Crippen molar-refractivity contribution in [2.75, 3.05) is 0 Å². The normalized spacial score (nSPS) is 10.4. The molecule has 0 spiro atoms. The average molecular weight is 215 g/mol. The monoisotopic (exact) mass is 215 g/mol. The zero-order chi connectivity index (χ0) is 11.7. The van der Waals surface area contributed by atoms with Crippen molar-refractivity contribution in [1.82, 2.24) is 4.57 Å². The van der Waals surface area contributed by atoms with E-state index in [-0.39, 0.29) is 0 Å². The van der Waals surface area contributed by atoms with Crippen LogP contribution in [0.2, 0.25) is 0 Å². The van der Waals surface area contributed by atoms with Crippen LogP contribution in [0.4, 0.5) is 0 Å².